The van der Waals surface area contributed by atoms with Gasteiger partial charge in [-0.05, 0) is 86.2 Å². The number of ether oxygens (including phenoxy) is 2. The molecular formula is C35H40N8O2. The zero-order valence-electron chi connectivity index (χ0n) is 25.9. The summed E-state index contributed by atoms with van der Waals surface area (Å²) in [5.41, 5.74) is 4.83. The summed E-state index contributed by atoms with van der Waals surface area (Å²) in [7, 11) is 1.65. The summed E-state index contributed by atoms with van der Waals surface area (Å²) in [4.78, 5) is 14.3. The number of aromatic nitrogens is 4. The third-order valence-corrected chi connectivity index (χ3v) is 10.7. The average molecular weight is 605 g/mol. The van der Waals surface area contributed by atoms with Crippen LogP contribution < -0.4 is 19.7 Å². The van der Waals surface area contributed by atoms with Crippen molar-refractivity contribution in [1.29, 1.82) is 5.26 Å². The molecule has 8 rings (SSSR count). The lowest BCUT2D eigenvalue weighted by Crippen LogP contribution is -2.41. The molecule has 1 saturated carbocycles. The highest BCUT2D eigenvalue weighted by atomic mass is 16.5. The van der Waals surface area contributed by atoms with Crippen LogP contribution in [0.4, 0.5) is 5.82 Å². The number of methoxy groups -OCH3 is 1. The first-order valence-electron chi connectivity index (χ1n) is 16.3. The normalized spacial score (nSPS) is 23.7. The molecule has 1 N–H and O–H groups in total. The predicted octanol–water partition coefficient (Wildman–Crippen LogP) is 4.54. The topological polar surface area (TPSA) is 104 Å². The molecule has 10 nitrogen and oxygen atoms in total. The molecule has 45 heavy (non-hydrogen) atoms. The summed E-state index contributed by atoms with van der Waals surface area (Å²) in [6.45, 7) is 7.01. The van der Waals surface area contributed by atoms with Crippen LogP contribution >= 0.6 is 0 Å². The Bertz CT molecular complexity index is 1700. The molecule has 1 spiro atoms. The summed E-state index contributed by atoms with van der Waals surface area (Å²) in [6.07, 6.45) is 13.3. The fourth-order valence-corrected chi connectivity index (χ4v) is 7.94. The standard InChI is InChI=1S/C35H40N8O2/c1-44-33-5-2-24(17-39-33)21-41-10-7-35(23-41)8-11-42(12-9-35)32-4-3-25(19-38-32)30-14-28(22-43-34(30)27(16-36)20-40-43)45-13-6-26-18-37-31-15-29(26)31/h2-5,14,17,19-20,22,26,29,31,37H,6-13,15,18,21,23H2,1H3. The summed E-state index contributed by atoms with van der Waals surface area (Å²) >= 11 is 0. The Morgan fingerprint density at radius 3 is 2.67 bits per heavy atom. The van der Waals surface area contributed by atoms with Crippen LogP contribution in [-0.4, -0.2) is 77.0 Å². The molecule has 3 atom stereocenters. The highest BCUT2D eigenvalue weighted by Crippen LogP contribution is 2.44. The number of pyridine rings is 3. The average Bonchev–Trinajstić information content (AvgIpc) is 3.35. The molecule has 232 valence electrons. The van der Waals surface area contributed by atoms with Crippen LogP contribution in [0.5, 0.6) is 11.6 Å². The molecule has 1 aliphatic carbocycles. The quantitative estimate of drug-likeness (QED) is 0.295. The monoisotopic (exact) mass is 604 g/mol. The molecule has 0 bridgehead atoms. The lowest BCUT2D eigenvalue weighted by Gasteiger charge is -2.40. The Balaban J connectivity index is 0.922. The van der Waals surface area contributed by atoms with Gasteiger partial charge in [-0.3, -0.25) is 4.90 Å². The molecule has 0 aromatic carbocycles. The summed E-state index contributed by atoms with van der Waals surface area (Å²) in [6, 6.07) is 13.4. The van der Waals surface area contributed by atoms with Crippen LogP contribution in [-0.2, 0) is 6.54 Å². The third-order valence-electron chi connectivity index (χ3n) is 10.7. The van der Waals surface area contributed by atoms with Crippen molar-refractivity contribution in [2.75, 3.05) is 51.3 Å². The molecule has 4 fully saturated rings. The fourth-order valence-electron chi connectivity index (χ4n) is 7.94. The molecule has 10 heteroatoms. The lowest BCUT2D eigenvalue weighted by atomic mass is 9.78. The third kappa shape index (κ3) is 5.60. The Morgan fingerprint density at radius 1 is 1.07 bits per heavy atom. The van der Waals surface area contributed by atoms with Crippen molar-refractivity contribution in [3.8, 4) is 28.8 Å². The van der Waals surface area contributed by atoms with Crippen molar-refractivity contribution in [1.82, 2.24) is 29.8 Å². The number of likely N-dealkylation sites (tertiary alicyclic amines) is 1. The van der Waals surface area contributed by atoms with Gasteiger partial charge in [-0.2, -0.15) is 10.4 Å². The zero-order chi connectivity index (χ0) is 30.4. The van der Waals surface area contributed by atoms with Crippen LogP contribution in [0, 0.1) is 28.6 Å². The van der Waals surface area contributed by atoms with E-state index in [4.69, 9.17) is 14.5 Å². The van der Waals surface area contributed by atoms with Crippen molar-refractivity contribution < 1.29 is 9.47 Å². The van der Waals surface area contributed by atoms with Gasteiger partial charge in [0.05, 0.1) is 37.2 Å². The summed E-state index contributed by atoms with van der Waals surface area (Å²) < 4.78 is 13.2. The maximum absolute atomic E-state index is 9.79. The molecule has 4 aromatic rings. The Hall–Kier alpha value is -4.20. The minimum absolute atomic E-state index is 0.382. The number of rotatable bonds is 9. The van der Waals surface area contributed by atoms with Gasteiger partial charge in [-0.25, -0.2) is 14.5 Å². The SMILES string of the molecule is COc1ccc(CN2CCC3(CCN(c4ccc(-c5cc(OCCC6CNC7CC67)cn6ncc(C#N)c56)cn4)CC3)C2)cn1. The van der Waals surface area contributed by atoms with E-state index in [1.807, 2.05) is 30.7 Å². The van der Waals surface area contributed by atoms with E-state index in [-0.39, 0.29) is 0 Å². The lowest BCUT2D eigenvalue weighted by molar-refractivity contribution is 0.205. The van der Waals surface area contributed by atoms with E-state index in [0.717, 1.165) is 85.9 Å². The number of nitrogens with one attached hydrogen (secondary N) is 1. The van der Waals surface area contributed by atoms with E-state index in [9.17, 15) is 5.26 Å². The first-order chi connectivity index (χ1) is 22.1. The Morgan fingerprint density at radius 2 is 1.96 bits per heavy atom. The van der Waals surface area contributed by atoms with Gasteiger partial charge in [0.1, 0.15) is 17.6 Å². The first kappa shape index (κ1) is 28.3. The minimum atomic E-state index is 0.382. The second-order valence-corrected chi connectivity index (χ2v) is 13.4. The fraction of sp³-hybridized carbons (Fsp3) is 0.486. The van der Waals surface area contributed by atoms with Crippen LogP contribution in [0.2, 0.25) is 0 Å². The molecule has 0 amide bonds. The van der Waals surface area contributed by atoms with Gasteiger partial charge < -0.3 is 19.7 Å². The van der Waals surface area contributed by atoms with E-state index in [1.165, 1.54) is 31.2 Å². The maximum Gasteiger partial charge on any atom is 0.212 e. The van der Waals surface area contributed by atoms with E-state index in [0.29, 0.717) is 29.4 Å². The van der Waals surface area contributed by atoms with Gasteiger partial charge in [-0.15, -0.1) is 0 Å². The highest BCUT2D eigenvalue weighted by Gasteiger charge is 2.47. The highest BCUT2D eigenvalue weighted by molar-refractivity contribution is 5.85. The zero-order valence-corrected chi connectivity index (χ0v) is 25.9. The second kappa shape index (κ2) is 11.6. The van der Waals surface area contributed by atoms with Crippen molar-refractivity contribution in [3.63, 3.8) is 0 Å². The summed E-state index contributed by atoms with van der Waals surface area (Å²) in [5.74, 6) is 3.98. The summed E-state index contributed by atoms with van der Waals surface area (Å²) in [5, 5.41) is 17.9. The van der Waals surface area contributed by atoms with Gasteiger partial charge in [-0.1, -0.05) is 6.07 Å². The molecule has 3 aliphatic heterocycles. The van der Waals surface area contributed by atoms with E-state index >= 15 is 0 Å². The van der Waals surface area contributed by atoms with Gasteiger partial charge in [0.25, 0.3) is 0 Å². The van der Waals surface area contributed by atoms with Gasteiger partial charge in [0.2, 0.25) is 5.88 Å². The number of hydrogen-bond donors (Lipinski definition) is 1. The molecule has 4 aliphatic rings. The van der Waals surface area contributed by atoms with E-state index in [2.05, 4.69) is 49.5 Å². The Labute approximate surface area is 264 Å². The van der Waals surface area contributed by atoms with Gasteiger partial charge in [0.15, 0.2) is 0 Å². The van der Waals surface area contributed by atoms with E-state index in [1.54, 1.807) is 17.8 Å². The van der Waals surface area contributed by atoms with E-state index < -0.39 is 0 Å². The Kier molecular flexibility index (Phi) is 7.31. The first-order valence-corrected chi connectivity index (χ1v) is 16.3. The molecule has 3 unspecified atom stereocenters. The molecule has 0 radical (unpaired) electrons. The number of anilines is 1. The van der Waals surface area contributed by atoms with Crippen molar-refractivity contribution in [2.45, 2.75) is 44.7 Å². The van der Waals surface area contributed by atoms with Gasteiger partial charge >= 0.3 is 0 Å². The van der Waals surface area contributed by atoms with Crippen molar-refractivity contribution in [3.05, 3.63) is 66.2 Å². The largest absolute Gasteiger partial charge is 0.492 e. The van der Waals surface area contributed by atoms with Crippen LogP contribution in [0.15, 0.2) is 55.1 Å². The van der Waals surface area contributed by atoms with Crippen molar-refractivity contribution >= 4 is 11.3 Å². The maximum atomic E-state index is 9.79. The minimum Gasteiger partial charge on any atom is -0.492 e. The van der Waals surface area contributed by atoms with Gasteiger partial charge in [0, 0.05) is 61.8 Å². The number of nitrogens with zero attached hydrogens (tertiary/aromatic N) is 7. The molecule has 4 aromatic heterocycles. The van der Waals surface area contributed by atoms with Crippen LogP contribution in [0.1, 0.15) is 43.2 Å². The van der Waals surface area contributed by atoms with Crippen LogP contribution in [0.3, 0.4) is 0 Å². The number of nitriles is 1. The predicted molar refractivity (Wildman–Crippen MR) is 171 cm³/mol. The van der Waals surface area contributed by atoms with Crippen molar-refractivity contribution in [2.24, 2.45) is 17.3 Å². The number of fused-ring (bicyclic) bond motifs is 2. The second-order valence-electron chi connectivity index (χ2n) is 13.4. The number of piperidine rings is 2. The number of hydrogen-bond acceptors (Lipinski definition) is 9. The molecule has 3 saturated heterocycles. The molecular weight excluding hydrogens is 564 g/mol. The smallest absolute Gasteiger partial charge is 0.212 e. The van der Waals surface area contributed by atoms with Crippen LogP contribution in [0.25, 0.3) is 16.6 Å². The molecule has 7 heterocycles.